The van der Waals surface area contributed by atoms with Gasteiger partial charge in [-0.3, -0.25) is 9.48 Å². The molecule has 2 saturated carbocycles. The van der Waals surface area contributed by atoms with Gasteiger partial charge in [-0.05, 0) is 84.7 Å². The molecule has 0 N–H and O–H groups in total. The van der Waals surface area contributed by atoms with E-state index in [9.17, 15) is 4.79 Å². The van der Waals surface area contributed by atoms with E-state index < -0.39 is 8.32 Å². The molecule has 1 aromatic heterocycles. The van der Waals surface area contributed by atoms with Crippen LogP contribution >= 0.6 is 22.6 Å². The van der Waals surface area contributed by atoms with Gasteiger partial charge in [0.1, 0.15) is 3.70 Å². The van der Waals surface area contributed by atoms with Crippen molar-refractivity contribution in [3.05, 3.63) is 15.0 Å². The molecule has 30 heavy (non-hydrogen) atoms. The first-order valence-electron chi connectivity index (χ1n) is 11.6. The van der Waals surface area contributed by atoms with Crippen LogP contribution < -0.4 is 0 Å². The van der Waals surface area contributed by atoms with Crippen molar-refractivity contribution in [3.8, 4) is 0 Å². The van der Waals surface area contributed by atoms with Gasteiger partial charge in [-0.15, -0.1) is 0 Å². The number of carbonyl (C=O) groups excluding carboxylic acids is 1. The standard InChI is InChI=1S/C23H38IN3O2Si/c1-16(28)26-12-9-20-19(15-26)21(24)25-27(20)17-7-10-23(11-8-17)13-18(14-23)29-30(5,6)22(2,3)4/h17-18H,7-15H2,1-6H3. The minimum atomic E-state index is -1.65. The van der Waals surface area contributed by atoms with Crippen LogP contribution in [0.5, 0.6) is 0 Å². The summed E-state index contributed by atoms with van der Waals surface area (Å²) >= 11 is 2.36. The van der Waals surface area contributed by atoms with Gasteiger partial charge < -0.3 is 9.33 Å². The van der Waals surface area contributed by atoms with Gasteiger partial charge in [-0.1, -0.05) is 20.8 Å². The van der Waals surface area contributed by atoms with Crippen molar-refractivity contribution < 1.29 is 9.22 Å². The van der Waals surface area contributed by atoms with Gasteiger partial charge in [-0.2, -0.15) is 5.10 Å². The lowest BCUT2D eigenvalue weighted by atomic mass is 9.58. The van der Waals surface area contributed by atoms with Gasteiger partial charge in [0.25, 0.3) is 0 Å². The number of aromatic nitrogens is 2. The Bertz CT molecular complexity index is 813. The lowest BCUT2D eigenvalue weighted by molar-refractivity contribution is -0.129. The van der Waals surface area contributed by atoms with Crippen molar-refractivity contribution in [3.63, 3.8) is 0 Å². The minimum Gasteiger partial charge on any atom is -0.414 e. The van der Waals surface area contributed by atoms with Crippen molar-refractivity contribution in [1.29, 1.82) is 0 Å². The molecular formula is C23H38IN3O2Si. The van der Waals surface area contributed by atoms with Crippen LogP contribution in [0.3, 0.4) is 0 Å². The van der Waals surface area contributed by atoms with E-state index >= 15 is 0 Å². The predicted molar refractivity (Wildman–Crippen MR) is 131 cm³/mol. The van der Waals surface area contributed by atoms with E-state index in [0.29, 0.717) is 22.6 Å². The molecule has 0 bridgehead atoms. The third kappa shape index (κ3) is 4.15. The van der Waals surface area contributed by atoms with Gasteiger partial charge >= 0.3 is 0 Å². The van der Waals surface area contributed by atoms with Crippen LogP contribution in [-0.2, 0) is 22.2 Å². The number of carbonyl (C=O) groups is 1. The zero-order valence-electron chi connectivity index (χ0n) is 19.6. The van der Waals surface area contributed by atoms with Crippen molar-refractivity contribution in [1.82, 2.24) is 14.7 Å². The summed E-state index contributed by atoms with van der Waals surface area (Å²) in [5.74, 6) is 0.170. The fourth-order valence-corrected chi connectivity index (χ4v) is 7.49. The molecule has 1 aliphatic heterocycles. The molecule has 7 heteroatoms. The normalized spacial score (nSPS) is 29.6. The minimum absolute atomic E-state index is 0.170. The Morgan fingerprint density at radius 3 is 2.43 bits per heavy atom. The van der Waals surface area contributed by atoms with Crippen LogP contribution in [-0.4, -0.2) is 41.6 Å². The fraction of sp³-hybridized carbons (Fsp3) is 0.826. The second-order valence-electron chi connectivity index (χ2n) is 11.5. The summed E-state index contributed by atoms with van der Waals surface area (Å²) in [5, 5.41) is 5.23. The molecule has 4 rings (SSSR count). The van der Waals surface area contributed by atoms with Crippen molar-refractivity contribution in [2.75, 3.05) is 6.54 Å². The Balaban J connectivity index is 1.36. The van der Waals surface area contributed by atoms with Crippen LogP contribution in [0.2, 0.25) is 18.1 Å². The molecule has 2 aliphatic carbocycles. The highest BCUT2D eigenvalue weighted by Crippen LogP contribution is 2.56. The Labute approximate surface area is 196 Å². The second-order valence-corrected chi connectivity index (χ2v) is 17.3. The quantitative estimate of drug-likeness (QED) is 0.364. The number of halogens is 1. The van der Waals surface area contributed by atoms with Gasteiger partial charge in [0.2, 0.25) is 5.91 Å². The molecule has 1 spiro atoms. The molecule has 3 aliphatic rings. The maximum atomic E-state index is 11.8. The molecule has 0 aromatic carbocycles. The largest absolute Gasteiger partial charge is 0.414 e. The van der Waals surface area contributed by atoms with E-state index in [1.165, 1.54) is 49.8 Å². The maximum absolute atomic E-state index is 11.8. The molecule has 0 unspecified atom stereocenters. The maximum Gasteiger partial charge on any atom is 0.219 e. The lowest BCUT2D eigenvalue weighted by Gasteiger charge is -2.54. The Kier molecular flexibility index (Phi) is 5.97. The molecule has 0 atom stereocenters. The second kappa shape index (κ2) is 7.87. The third-order valence-electron chi connectivity index (χ3n) is 8.43. The summed E-state index contributed by atoms with van der Waals surface area (Å²) in [5.41, 5.74) is 3.18. The van der Waals surface area contributed by atoms with Crippen molar-refractivity contribution >= 4 is 36.8 Å². The summed E-state index contributed by atoms with van der Waals surface area (Å²) in [6.07, 6.45) is 9.01. The van der Waals surface area contributed by atoms with Crippen LogP contribution in [0.4, 0.5) is 0 Å². The van der Waals surface area contributed by atoms with E-state index in [1.54, 1.807) is 6.92 Å². The zero-order valence-corrected chi connectivity index (χ0v) is 22.7. The molecular weight excluding hydrogens is 505 g/mol. The molecule has 1 amide bonds. The Morgan fingerprint density at radius 1 is 1.23 bits per heavy atom. The molecule has 168 valence electrons. The number of fused-ring (bicyclic) bond motifs is 1. The highest BCUT2D eigenvalue weighted by atomic mass is 127. The molecule has 0 radical (unpaired) electrons. The van der Waals surface area contributed by atoms with E-state index in [0.717, 1.165) is 23.2 Å². The van der Waals surface area contributed by atoms with Crippen LogP contribution in [0.1, 0.15) is 83.5 Å². The summed E-state index contributed by atoms with van der Waals surface area (Å²) in [7, 11) is -1.65. The number of rotatable bonds is 3. The highest BCUT2D eigenvalue weighted by molar-refractivity contribution is 14.1. The number of hydrogen-bond acceptors (Lipinski definition) is 3. The first kappa shape index (κ1) is 22.8. The summed E-state index contributed by atoms with van der Waals surface area (Å²) < 4.78 is 10.1. The predicted octanol–water partition coefficient (Wildman–Crippen LogP) is 5.68. The number of amides is 1. The number of hydrogen-bond donors (Lipinski definition) is 0. The average molecular weight is 544 g/mol. The topological polar surface area (TPSA) is 47.4 Å². The molecule has 2 heterocycles. The number of nitrogens with zero attached hydrogens (tertiary/aromatic N) is 3. The third-order valence-corrected chi connectivity index (χ3v) is 13.8. The lowest BCUT2D eigenvalue weighted by Crippen LogP contribution is -2.52. The SMILES string of the molecule is CC(=O)N1CCc2c(c(I)nn2C2CCC3(CC2)CC(O[Si](C)(C)C(C)(C)C)C3)C1. The van der Waals surface area contributed by atoms with E-state index in [-0.39, 0.29) is 5.91 Å². The van der Waals surface area contributed by atoms with Gasteiger partial charge in [0.05, 0.1) is 12.6 Å². The van der Waals surface area contributed by atoms with E-state index in [1.807, 2.05) is 4.90 Å². The smallest absolute Gasteiger partial charge is 0.219 e. The van der Waals surface area contributed by atoms with Crippen molar-refractivity contribution in [2.45, 2.75) is 109 Å². The molecule has 0 saturated heterocycles. The van der Waals surface area contributed by atoms with Crippen LogP contribution in [0, 0.1) is 9.12 Å². The first-order valence-corrected chi connectivity index (χ1v) is 15.6. The fourth-order valence-electron chi connectivity index (χ4n) is 5.43. The van der Waals surface area contributed by atoms with Gasteiger partial charge in [0.15, 0.2) is 8.32 Å². The molecule has 2 fully saturated rings. The molecule has 1 aromatic rings. The van der Waals surface area contributed by atoms with E-state index in [4.69, 9.17) is 9.52 Å². The summed E-state index contributed by atoms with van der Waals surface area (Å²) in [6.45, 7) is 15.0. The van der Waals surface area contributed by atoms with Crippen LogP contribution in [0.25, 0.3) is 0 Å². The van der Waals surface area contributed by atoms with E-state index in [2.05, 4.69) is 61.1 Å². The highest BCUT2D eigenvalue weighted by Gasteiger charge is 2.50. The monoisotopic (exact) mass is 543 g/mol. The van der Waals surface area contributed by atoms with Crippen LogP contribution in [0.15, 0.2) is 0 Å². The Hall–Kier alpha value is -0.413. The van der Waals surface area contributed by atoms with Gasteiger partial charge in [0, 0.05) is 37.3 Å². The first-order chi connectivity index (χ1) is 13.9. The zero-order chi connectivity index (χ0) is 21.9. The summed E-state index contributed by atoms with van der Waals surface area (Å²) in [6, 6.07) is 0.525. The van der Waals surface area contributed by atoms with Gasteiger partial charge in [-0.25, -0.2) is 0 Å². The van der Waals surface area contributed by atoms with Crippen molar-refractivity contribution in [2.24, 2.45) is 5.41 Å². The molecule has 5 nitrogen and oxygen atoms in total. The average Bonchev–Trinajstić information content (AvgIpc) is 2.96. The Morgan fingerprint density at radius 2 is 1.87 bits per heavy atom. The summed E-state index contributed by atoms with van der Waals surface area (Å²) in [4.78, 5) is 13.7.